The number of thiazole rings is 1. The van der Waals surface area contributed by atoms with Gasteiger partial charge in [0.2, 0.25) is 5.95 Å². The predicted octanol–water partition coefficient (Wildman–Crippen LogP) is 2.14. The molecule has 144 valence electrons. The summed E-state index contributed by atoms with van der Waals surface area (Å²) in [7, 11) is 0. The minimum atomic E-state index is -0.207. The van der Waals surface area contributed by atoms with E-state index in [1.165, 1.54) is 11.3 Å². The third kappa shape index (κ3) is 4.18. The summed E-state index contributed by atoms with van der Waals surface area (Å²) < 4.78 is 0. The fourth-order valence-corrected chi connectivity index (χ4v) is 4.03. The van der Waals surface area contributed by atoms with Crippen LogP contribution >= 0.6 is 11.3 Å². The smallest absolute Gasteiger partial charge is 0.273 e. The molecule has 1 atom stereocenters. The summed E-state index contributed by atoms with van der Waals surface area (Å²) in [5, 5.41) is 2.61. The van der Waals surface area contributed by atoms with Crippen LogP contribution in [0.15, 0.2) is 54.2 Å². The molecule has 3 heterocycles. The molecule has 4 rings (SSSR count). The number of piperazine rings is 1. The Balaban J connectivity index is 1.36. The Hall–Kier alpha value is -2.84. The molecule has 1 amide bonds. The number of aromatic nitrogens is 3. The lowest BCUT2D eigenvalue weighted by molar-refractivity contribution is 0.0741. The summed E-state index contributed by atoms with van der Waals surface area (Å²) in [6, 6.07) is 11.7. The highest BCUT2D eigenvalue weighted by Gasteiger charge is 2.25. The molecule has 8 heteroatoms. The average molecular weight is 395 g/mol. The van der Waals surface area contributed by atoms with Gasteiger partial charge in [-0.15, -0.1) is 11.3 Å². The number of carbonyl (C=O) groups excluding carboxylic acids is 1. The maximum absolute atomic E-state index is 12.8. The van der Waals surface area contributed by atoms with Crippen LogP contribution in [0.2, 0.25) is 0 Å². The Morgan fingerprint density at radius 2 is 1.79 bits per heavy atom. The van der Waals surface area contributed by atoms with Gasteiger partial charge < -0.3 is 15.5 Å². The molecule has 0 saturated carbocycles. The molecule has 28 heavy (non-hydrogen) atoms. The van der Waals surface area contributed by atoms with Gasteiger partial charge in [-0.1, -0.05) is 30.3 Å². The molecule has 1 fully saturated rings. The van der Waals surface area contributed by atoms with E-state index in [9.17, 15) is 4.79 Å². The molecule has 2 N–H and O–H groups in total. The molecule has 2 aromatic heterocycles. The van der Waals surface area contributed by atoms with Crippen LogP contribution in [0.25, 0.3) is 0 Å². The van der Waals surface area contributed by atoms with Crippen molar-refractivity contribution in [1.29, 1.82) is 0 Å². The number of carbonyl (C=O) groups is 1. The average Bonchev–Trinajstić information content (AvgIpc) is 3.25. The van der Waals surface area contributed by atoms with Crippen molar-refractivity contribution < 1.29 is 4.79 Å². The zero-order valence-electron chi connectivity index (χ0n) is 15.4. The van der Waals surface area contributed by atoms with Gasteiger partial charge in [0.25, 0.3) is 5.91 Å². The maximum atomic E-state index is 12.8. The Labute approximate surface area is 167 Å². The lowest BCUT2D eigenvalue weighted by Gasteiger charge is -2.34. The minimum absolute atomic E-state index is 0.0389. The number of hydrogen-bond donors (Lipinski definition) is 1. The van der Waals surface area contributed by atoms with Crippen molar-refractivity contribution in [2.45, 2.75) is 12.5 Å². The summed E-state index contributed by atoms with van der Waals surface area (Å²) in [4.78, 5) is 29.8. The van der Waals surface area contributed by atoms with E-state index >= 15 is 0 Å². The molecule has 0 bridgehead atoms. The summed E-state index contributed by atoms with van der Waals surface area (Å²) >= 11 is 1.45. The SMILES string of the molecule is NC(Cc1ccccc1)c1nc(C(=O)N2CCN(c3ncccn3)CC2)cs1. The van der Waals surface area contributed by atoms with E-state index in [0.29, 0.717) is 44.2 Å². The first kappa shape index (κ1) is 18.5. The van der Waals surface area contributed by atoms with E-state index in [-0.39, 0.29) is 11.9 Å². The molecule has 1 aliphatic rings. The monoisotopic (exact) mass is 394 g/mol. The van der Waals surface area contributed by atoms with Crippen LogP contribution in [0.1, 0.15) is 27.1 Å². The largest absolute Gasteiger partial charge is 0.337 e. The van der Waals surface area contributed by atoms with Crippen LogP contribution in [0.3, 0.4) is 0 Å². The fraction of sp³-hybridized carbons (Fsp3) is 0.300. The van der Waals surface area contributed by atoms with Crippen molar-refractivity contribution in [2.24, 2.45) is 5.73 Å². The lowest BCUT2D eigenvalue weighted by Crippen LogP contribution is -2.49. The van der Waals surface area contributed by atoms with Gasteiger partial charge in [0.05, 0.1) is 6.04 Å². The van der Waals surface area contributed by atoms with Crippen LogP contribution < -0.4 is 10.6 Å². The van der Waals surface area contributed by atoms with E-state index in [1.54, 1.807) is 18.5 Å². The third-order valence-corrected chi connectivity index (χ3v) is 5.74. The van der Waals surface area contributed by atoms with Crippen LogP contribution in [0, 0.1) is 0 Å². The molecule has 1 aromatic carbocycles. The lowest BCUT2D eigenvalue weighted by atomic mass is 10.1. The summed E-state index contributed by atoms with van der Waals surface area (Å²) in [6.07, 6.45) is 4.17. The Kier molecular flexibility index (Phi) is 5.59. The van der Waals surface area contributed by atoms with Gasteiger partial charge in [0.1, 0.15) is 10.7 Å². The third-order valence-electron chi connectivity index (χ3n) is 4.76. The van der Waals surface area contributed by atoms with Crippen LogP contribution in [0.5, 0.6) is 0 Å². The van der Waals surface area contributed by atoms with Gasteiger partial charge in [-0.25, -0.2) is 15.0 Å². The molecular formula is C20H22N6OS. The Morgan fingerprint density at radius 3 is 2.50 bits per heavy atom. The van der Waals surface area contributed by atoms with Crippen LogP contribution in [-0.2, 0) is 6.42 Å². The fourth-order valence-electron chi connectivity index (χ4n) is 3.24. The summed E-state index contributed by atoms with van der Waals surface area (Å²) in [5.41, 5.74) is 7.95. The first-order chi connectivity index (χ1) is 13.7. The van der Waals surface area contributed by atoms with Crippen molar-refractivity contribution in [1.82, 2.24) is 19.9 Å². The number of amides is 1. The van der Waals surface area contributed by atoms with Crippen molar-refractivity contribution in [2.75, 3.05) is 31.1 Å². The molecule has 0 spiro atoms. The topological polar surface area (TPSA) is 88.2 Å². The maximum Gasteiger partial charge on any atom is 0.273 e. The van der Waals surface area contributed by atoms with E-state index in [0.717, 1.165) is 10.6 Å². The quantitative estimate of drug-likeness (QED) is 0.713. The number of anilines is 1. The van der Waals surface area contributed by atoms with E-state index in [1.807, 2.05) is 28.5 Å². The van der Waals surface area contributed by atoms with E-state index < -0.39 is 0 Å². The van der Waals surface area contributed by atoms with Crippen LogP contribution in [-0.4, -0.2) is 51.9 Å². The Bertz CT molecular complexity index is 909. The van der Waals surface area contributed by atoms with Gasteiger partial charge in [0, 0.05) is 44.0 Å². The summed E-state index contributed by atoms with van der Waals surface area (Å²) in [6.45, 7) is 2.67. The minimum Gasteiger partial charge on any atom is -0.337 e. The molecule has 0 radical (unpaired) electrons. The van der Waals surface area contributed by atoms with Crippen molar-refractivity contribution in [3.8, 4) is 0 Å². The molecule has 3 aromatic rings. The first-order valence-electron chi connectivity index (χ1n) is 9.27. The summed E-state index contributed by atoms with van der Waals surface area (Å²) in [5.74, 6) is 0.667. The second kappa shape index (κ2) is 8.45. The molecule has 7 nitrogen and oxygen atoms in total. The van der Waals surface area contributed by atoms with Crippen molar-refractivity contribution >= 4 is 23.2 Å². The first-order valence-corrected chi connectivity index (χ1v) is 10.1. The number of rotatable bonds is 5. The van der Waals surface area contributed by atoms with Crippen LogP contribution in [0.4, 0.5) is 5.95 Å². The predicted molar refractivity (Wildman–Crippen MR) is 109 cm³/mol. The number of nitrogens with zero attached hydrogens (tertiary/aromatic N) is 5. The molecule has 1 aliphatic heterocycles. The number of benzene rings is 1. The molecule has 1 unspecified atom stereocenters. The van der Waals surface area contributed by atoms with Gasteiger partial charge in [-0.3, -0.25) is 4.79 Å². The zero-order chi connectivity index (χ0) is 19.3. The highest BCUT2D eigenvalue weighted by molar-refractivity contribution is 7.09. The van der Waals surface area contributed by atoms with Gasteiger partial charge in [-0.2, -0.15) is 0 Å². The molecule has 1 saturated heterocycles. The van der Waals surface area contributed by atoms with Crippen molar-refractivity contribution in [3.63, 3.8) is 0 Å². The second-order valence-corrected chi connectivity index (χ2v) is 7.58. The Morgan fingerprint density at radius 1 is 1.07 bits per heavy atom. The van der Waals surface area contributed by atoms with Crippen molar-refractivity contribution in [3.05, 3.63) is 70.4 Å². The van der Waals surface area contributed by atoms with Gasteiger partial charge in [-0.05, 0) is 18.1 Å². The highest BCUT2D eigenvalue weighted by Crippen LogP contribution is 2.21. The second-order valence-electron chi connectivity index (χ2n) is 6.70. The standard InChI is InChI=1S/C20H22N6OS/c21-16(13-15-5-2-1-3-6-15)18-24-17(14-28-18)19(27)25-9-11-26(12-10-25)20-22-7-4-8-23-20/h1-8,14,16H,9-13,21H2. The molecule has 0 aliphatic carbocycles. The zero-order valence-corrected chi connectivity index (χ0v) is 16.3. The number of nitrogens with two attached hydrogens (primary N) is 1. The van der Waals surface area contributed by atoms with Gasteiger partial charge >= 0.3 is 0 Å². The van der Waals surface area contributed by atoms with E-state index in [2.05, 4.69) is 32.0 Å². The molecular weight excluding hydrogens is 372 g/mol. The highest BCUT2D eigenvalue weighted by atomic mass is 32.1. The normalized spacial score (nSPS) is 15.5. The van der Waals surface area contributed by atoms with Gasteiger partial charge in [0.15, 0.2) is 0 Å². The van der Waals surface area contributed by atoms with E-state index in [4.69, 9.17) is 5.73 Å². The number of hydrogen-bond acceptors (Lipinski definition) is 7.